The zero-order valence-corrected chi connectivity index (χ0v) is 23.7. The minimum Gasteiger partial charge on any atom is -0.414 e. The second-order valence-corrected chi connectivity index (χ2v) is 17.2. The van der Waals surface area contributed by atoms with E-state index in [1.54, 1.807) is 19.0 Å². The number of fused-ring (bicyclic) bond motifs is 1. The summed E-state index contributed by atoms with van der Waals surface area (Å²) in [6, 6.07) is 3.68. The number of hydrogen-bond donors (Lipinski definition) is 1. The number of amides is 1. The quantitative estimate of drug-likeness (QED) is 0.292. The lowest BCUT2D eigenvalue weighted by molar-refractivity contribution is -0.137. The summed E-state index contributed by atoms with van der Waals surface area (Å²) < 4.78 is 7.11. The molecule has 0 bridgehead atoms. The lowest BCUT2D eigenvalue weighted by Gasteiger charge is -2.50. The predicted octanol–water partition coefficient (Wildman–Crippen LogP) is 6.40. The molecule has 3 unspecified atom stereocenters. The van der Waals surface area contributed by atoms with Gasteiger partial charge < -0.3 is 14.4 Å². The van der Waals surface area contributed by atoms with E-state index in [4.69, 9.17) is 4.43 Å². The summed E-state index contributed by atoms with van der Waals surface area (Å²) in [5.74, 6) is 1.29. The summed E-state index contributed by atoms with van der Waals surface area (Å²) in [6.07, 6.45) is 11.8. The van der Waals surface area contributed by atoms with Crippen molar-refractivity contribution in [1.82, 2.24) is 4.90 Å². The van der Waals surface area contributed by atoms with Crippen LogP contribution in [-0.4, -0.2) is 50.5 Å². The van der Waals surface area contributed by atoms with Gasteiger partial charge in [-0.1, -0.05) is 60.1 Å². The fourth-order valence-corrected chi connectivity index (χ4v) is 10.6. The molecular weight excluding hydrogens is 426 g/mol. The van der Waals surface area contributed by atoms with Gasteiger partial charge in [0.1, 0.15) is 0 Å². The highest BCUT2D eigenvalue weighted by molar-refractivity contribution is 6.73. The minimum absolute atomic E-state index is 0.0155. The molecule has 3 saturated carbocycles. The maximum atomic E-state index is 12.6. The third-order valence-corrected chi connectivity index (χ3v) is 14.9. The van der Waals surface area contributed by atoms with Crippen LogP contribution in [0.5, 0.6) is 0 Å². The Bertz CT molecular complexity index is 716. The highest BCUT2D eigenvalue weighted by atomic mass is 28.4. The molecule has 3 fully saturated rings. The molecule has 3 rings (SSSR count). The predicted molar refractivity (Wildman–Crippen MR) is 140 cm³/mol. The first-order valence-corrected chi connectivity index (χ1v) is 16.2. The molecule has 5 heteroatoms. The van der Waals surface area contributed by atoms with E-state index < -0.39 is 19.8 Å². The Morgan fingerprint density at radius 1 is 1.12 bits per heavy atom. The number of aliphatic hydroxyl groups is 1. The van der Waals surface area contributed by atoms with Crippen LogP contribution in [0.4, 0.5) is 0 Å². The van der Waals surface area contributed by atoms with Crippen LogP contribution < -0.4 is 0 Å². The third kappa shape index (κ3) is 4.88. The molecule has 0 aromatic heterocycles. The maximum absolute atomic E-state index is 12.6. The highest BCUT2D eigenvalue weighted by Crippen LogP contribution is 2.62. The molecule has 0 heterocycles. The van der Waals surface area contributed by atoms with E-state index in [-0.39, 0.29) is 16.7 Å². The van der Waals surface area contributed by atoms with E-state index in [1.165, 1.54) is 50.2 Å². The first-order valence-electron chi connectivity index (χ1n) is 13.7. The molecule has 0 aromatic rings. The number of hydrogen-bond acceptors (Lipinski definition) is 3. The van der Waals surface area contributed by atoms with Gasteiger partial charge in [-0.05, 0) is 79.3 Å². The largest absolute Gasteiger partial charge is 0.414 e. The van der Waals surface area contributed by atoms with Gasteiger partial charge in [-0.3, -0.25) is 4.79 Å². The monoisotopic (exact) mass is 477 g/mol. The van der Waals surface area contributed by atoms with Gasteiger partial charge in [0.2, 0.25) is 5.91 Å². The molecule has 0 aliphatic heterocycles. The Labute approximate surface area is 204 Å². The summed E-state index contributed by atoms with van der Waals surface area (Å²) >= 11 is 0. The van der Waals surface area contributed by atoms with Crippen LogP contribution in [-0.2, 0) is 9.22 Å². The second kappa shape index (κ2) is 9.77. The van der Waals surface area contributed by atoms with E-state index in [0.29, 0.717) is 17.9 Å². The lowest BCUT2D eigenvalue weighted by Crippen LogP contribution is -2.49. The molecule has 33 heavy (non-hydrogen) atoms. The fourth-order valence-electron chi connectivity index (χ4n) is 7.66. The normalized spacial score (nSPS) is 32.6. The molecular formula is C28H51NO3Si. The van der Waals surface area contributed by atoms with Crippen molar-refractivity contribution in [2.75, 3.05) is 14.1 Å². The SMILES string of the molecule is CC[Si](CC)(CC)O[C@H]1CCC[C@@]2(C)C1CCC2C(C)(C)/C=C/C(O)C1(C(=O)N(C)C)CC1. The Hall–Kier alpha value is -0.653. The summed E-state index contributed by atoms with van der Waals surface area (Å²) in [7, 11) is 1.96. The number of nitrogens with zero attached hydrogens (tertiary/aromatic N) is 1. The fraction of sp³-hybridized carbons (Fsp3) is 0.893. The molecule has 1 amide bonds. The number of aliphatic hydroxyl groups excluding tert-OH is 1. The average Bonchev–Trinajstić information content (AvgIpc) is 3.51. The molecule has 0 saturated heterocycles. The molecule has 0 radical (unpaired) electrons. The Morgan fingerprint density at radius 3 is 2.24 bits per heavy atom. The lowest BCUT2D eigenvalue weighted by atomic mass is 9.58. The van der Waals surface area contributed by atoms with Crippen LogP contribution in [0.15, 0.2) is 12.2 Å². The van der Waals surface area contributed by atoms with E-state index in [9.17, 15) is 9.90 Å². The van der Waals surface area contributed by atoms with Crippen LogP contribution in [0.2, 0.25) is 18.1 Å². The van der Waals surface area contributed by atoms with Crippen LogP contribution in [0.25, 0.3) is 0 Å². The van der Waals surface area contributed by atoms with Crippen molar-refractivity contribution in [2.24, 2.45) is 28.1 Å². The molecule has 0 aromatic carbocycles. The van der Waals surface area contributed by atoms with E-state index in [0.717, 1.165) is 12.8 Å². The summed E-state index contributed by atoms with van der Waals surface area (Å²) in [4.78, 5) is 14.3. The van der Waals surface area contributed by atoms with Gasteiger partial charge in [0.05, 0.1) is 11.5 Å². The van der Waals surface area contributed by atoms with Gasteiger partial charge in [-0.2, -0.15) is 0 Å². The molecule has 0 spiro atoms. The summed E-state index contributed by atoms with van der Waals surface area (Å²) in [6.45, 7) is 14.2. The number of carbonyl (C=O) groups is 1. The van der Waals surface area contributed by atoms with Gasteiger partial charge in [0.15, 0.2) is 8.32 Å². The first-order chi connectivity index (χ1) is 15.4. The number of rotatable bonds is 10. The molecule has 3 aliphatic rings. The molecule has 4 nitrogen and oxygen atoms in total. The minimum atomic E-state index is -1.61. The van der Waals surface area contributed by atoms with Crippen LogP contribution >= 0.6 is 0 Å². The first kappa shape index (κ1) is 26.9. The Kier molecular flexibility index (Phi) is 7.98. The third-order valence-electron chi connectivity index (χ3n) is 10.2. The van der Waals surface area contributed by atoms with Crippen molar-refractivity contribution in [3.05, 3.63) is 12.2 Å². The highest BCUT2D eigenvalue weighted by Gasteiger charge is 2.57. The molecule has 5 atom stereocenters. The topological polar surface area (TPSA) is 49.8 Å². The number of carbonyl (C=O) groups excluding carboxylic acids is 1. The summed E-state index contributed by atoms with van der Waals surface area (Å²) in [5.41, 5.74) is -0.317. The van der Waals surface area contributed by atoms with Gasteiger partial charge in [-0.25, -0.2) is 0 Å². The Morgan fingerprint density at radius 2 is 1.73 bits per heavy atom. The summed E-state index contributed by atoms with van der Waals surface area (Å²) in [5, 5.41) is 11.0. The van der Waals surface area contributed by atoms with Crippen molar-refractivity contribution >= 4 is 14.2 Å². The average molecular weight is 478 g/mol. The van der Waals surface area contributed by atoms with Gasteiger partial charge >= 0.3 is 0 Å². The van der Waals surface area contributed by atoms with Crippen LogP contribution in [0, 0.1) is 28.1 Å². The Balaban J connectivity index is 1.76. The van der Waals surface area contributed by atoms with E-state index in [2.05, 4.69) is 47.6 Å². The van der Waals surface area contributed by atoms with Crippen molar-refractivity contribution < 1.29 is 14.3 Å². The van der Waals surface area contributed by atoms with Crippen molar-refractivity contribution in [2.45, 2.75) is 117 Å². The van der Waals surface area contributed by atoms with Gasteiger partial charge in [0.25, 0.3) is 0 Å². The smallest absolute Gasteiger partial charge is 0.231 e. The number of allylic oxidation sites excluding steroid dienone is 1. The standard InChI is InChI=1S/C28H51NO3Si/c1-9-33(10-2,11-3)32-22-13-12-17-27(6)21(22)14-15-23(27)26(4,5)18-16-24(30)28(19-20-28)25(31)29(7)8/h16,18,21-24,30H,9-15,17,19-20H2,1-8H3/b18-16+/t21?,22-,23?,24?,27-/m0/s1. The second-order valence-electron chi connectivity index (χ2n) is 12.5. The zero-order chi connectivity index (χ0) is 24.7. The van der Waals surface area contributed by atoms with E-state index in [1.807, 2.05) is 6.08 Å². The van der Waals surface area contributed by atoms with Gasteiger partial charge in [0, 0.05) is 20.2 Å². The van der Waals surface area contributed by atoms with Crippen molar-refractivity contribution in [1.29, 1.82) is 0 Å². The zero-order valence-electron chi connectivity index (χ0n) is 22.7. The molecule has 190 valence electrons. The van der Waals surface area contributed by atoms with Crippen LogP contribution in [0.3, 0.4) is 0 Å². The van der Waals surface area contributed by atoms with Gasteiger partial charge in [-0.15, -0.1) is 0 Å². The van der Waals surface area contributed by atoms with E-state index >= 15 is 0 Å². The van der Waals surface area contributed by atoms with Crippen molar-refractivity contribution in [3.63, 3.8) is 0 Å². The molecule has 1 N–H and O–H groups in total. The maximum Gasteiger partial charge on any atom is 0.231 e. The van der Waals surface area contributed by atoms with Crippen molar-refractivity contribution in [3.8, 4) is 0 Å². The molecule has 3 aliphatic carbocycles. The van der Waals surface area contributed by atoms with Crippen LogP contribution in [0.1, 0.15) is 86.5 Å².